The molecule has 0 radical (unpaired) electrons. The Hall–Kier alpha value is -0.220. The summed E-state index contributed by atoms with van der Waals surface area (Å²) in [5, 5.41) is 0. The molecule has 0 aromatic heterocycles. The zero-order chi connectivity index (χ0) is 13.1. The second-order valence-corrected chi connectivity index (χ2v) is 5.78. The number of alkyl halides is 2. The summed E-state index contributed by atoms with van der Waals surface area (Å²) in [4.78, 5) is 0. The van der Waals surface area contributed by atoms with Gasteiger partial charge in [-0.2, -0.15) is 0 Å². The van der Waals surface area contributed by atoms with Crippen LogP contribution < -0.4 is 5.73 Å². The highest BCUT2D eigenvalue weighted by molar-refractivity contribution is 4.89. The molecule has 4 heteroatoms. The third-order valence-electron chi connectivity index (χ3n) is 4.30. The van der Waals surface area contributed by atoms with Gasteiger partial charge in [0.1, 0.15) is 6.61 Å². The monoisotopic (exact) mass is 249 g/mol. The number of rotatable bonds is 5. The van der Waals surface area contributed by atoms with Crippen LogP contribution in [0.4, 0.5) is 8.78 Å². The van der Waals surface area contributed by atoms with E-state index >= 15 is 0 Å². The maximum absolute atomic E-state index is 12.1. The molecule has 0 spiro atoms. The van der Waals surface area contributed by atoms with Crippen LogP contribution in [0.2, 0.25) is 0 Å². The van der Waals surface area contributed by atoms with Gasteiger partial charge in [0.2, 0.25) is 0 Å². The largest absolute Gasteiger partial charge is 0.371 e. The molecule has 0 saturated heterocycles. The lowest BCUT2D eigenvalue weighted by Gasteiger charge is -2.41. The highest BCUT2D eigenvalue weighted by Crippen LogP contribution is 2.40. The molecule has 0 amide bonds. The van der Waals surface area contributed by atoms with E-state index in [0.29, 0.717) is 5.92 Å². The third kappa shape index (κ3) is 4.18. The molecule has 1 rings (SSSR count). The zero-order valence-electron chi connectivity index (χ0n) is 11.1. The van der Waals surface area contributed by atoms with Crippen molar-refractivity contribution in [3.8, 4) is 0 Å². The summed E-state index contributed by atoms with van der Waals surface area (Å²) < 4.78 is 29.5. The lowest BCUT2D eigenvalue weighted by Crippen LogP contribution is -2.45. The predicted octanol–water partition coefficient (Wildman–Crippen LogP) is 3.20. The molecule has 2 nitrogen and oxygen atoms in total. The Morgan fingerprint density at radius 2 is 2.00 bits per heavy atom. The summed E-state index contributed by atoms with van der Waals surface area (Å²) in [6.45, 7) is 6.15. The van der Waals surface area contributed by atoms with Gasteiger partial charge in [-0.05, 0) is 30.6 Å². The smallest absolute Gasteiger partial charge is 0.261 e. The quantitative estimate of drug-likeness (QED) is 0.812. The van der Waals surface area contributed by atoms with E-state index in [4.69, 9.17) is 10.5 Å². The Kier molecular flexibility index (Phi) is 5.32. The normalized spacial score (nSPS) is 30.9. The maximum Gasteiger partial charge on any atom is 0.261 e. The molecular formula is C13H25F2NO. The molecule has 1 aliphatic rings. The molecule has 0 bridgehead atoms. The van der Waals surface area contributed by atoms with Gasteiger partial charge >= 0.3 is 0 Å². The molecule has 2 N–H and O–H groups in total. The average molecular weight is 249 g/mol. The topological polar surface area (TPSA) is 35.2 Å². The molecule has 17 heavy (non-hydrogen) atoms. The van der Waals surface area contributed by atoms with Crippen molar-refractivity contribution in [2.24, 2.45) is 17.1 Å². The molecule has 1 saturated carbocycles. The van der Waals surface area contributed by atoms with E-state index in [1.807, 2.05) is 0 Å². The number of halogens is 2. The highest BCUT2D eigenvalue weighted by Gasteiger charge is 2.36. The minimum atomic E-state index is -2.40. The van der Waals surface area contributed by atoms with E-state index in [0.717, 1.165) is 25.7 Å². The summed E-state index contributed by atoms with van der Waals surface area (Å²) in [7, 11) is 0. The van der Waals surface area contributed by atoms with E-state index in [2.05, 4.69) is 20.8 Å². The fraction of sp³-hybridized carbons (Fsp3) is 1.00. The van der Waals surface area contributed by atoms with E-state index in [1.165, 1.54) is 0 Å². The van der Waals surface area contributed by atoms with E-state index in [-0.39, 0.29) is 17.6 Å². The van der Waals surface area contributed by atoms with Crippen molar-refractivity contribution in [2.45, 2.75) is 65.0 Å². The second-order valence-electron chi connectivity index (χ2n) is 5.78. The van der Waals surface area contributed by atoms with Crippen molar-refractivity contribution in [2.75, 3.05) is 6.61 Å². The standard InChI is InChI=1S/C13H25F2NO/c1-4-13(2,3)9-5-6-10(16)11(7-9)17-8-12(14)15/h9-12H,4-8,16H2,1-3H3. The molecular weight excluding hydrogens is 224 g/mol. The number of nitrogens with two attached hydrogens (primary N) is 1. The first kappa shape index (κ1) is 14.8. The van der Waals surface area contributed by atoms with Crippen LogP contribution >= 0.6 is 0 Å². The fourth-order valence-electron chi connectivity index (χ4n) is 2.54. The van der Waals surface area contributed by atoms with Crippen LogP contribution in [0.3, 0.4) is 0 Å². The van der Waals surface area contributed by atoms with Crippen LogP contribution in [0.5, 0.6) is 0 Å². The van der Waals surface area contributed by atoms with Crippen LogP contribution in [-0.4, -0.2) is 25.2 Å². The Morgan fingerprint density at radius 1 is 1.35 bits per heavy atom. The molecule has 1 aliphatic carbocycles. The molecule has 1 fully saturated rings. The van der Waals surface area contributed by atoms with Crippen molar-refractivity contribution in [1.29, 1.82) is 0 Å². The number of ether oxygens (including phenoxy) is 1. The molecule has 3 atom stereocenters. The summed E-state index contributed by atoms with van der Waals surface area (Å²) in [6, 6.07) is -0.0855. The zero-order valence-corrected chi connectivity index (χ0v) is 11.1. The Morgan fingerprint density at radius 3 is 2.53 bits per heavy atom. The predicted molar refractivity (Wildman–Crippen MR) is 65.1 cm³/mol. The van der Waals surface area contributed by atoms with Crippen molar-refractivity contribution >= 4 is 0 Å². The summed E-state index contributed by atoms with van der Waals surface area (Å²) >= 11 is 0. The lowest BCUT2D eigenvalue weighted by molar-refractivity contribution is -0.0637. The van der Waals surface area contributed by atoms with Gasteiger partial charge in [-0.3, -0.25) is 0 Å². The van der Waals surface area contributed by atoms with Gasteiger partial charge in [0, 0.05) is 6.04 Å². The third-order valence-corrected chi connectivity index (χ3v) is 4.30. The van der Waals surface area contributed by atoms with Crippen LogP contribution in [0.25, 0.3) is 0 Å². The van der Waals surface area contributed by atoms with Crippen LogP contribution in [0.1, 0.15) is 46.5 Å². The number of hydrogen-bond donors (Lipinski definition) is 1. The van der Waals surface area contributed by atoms with Crippen molar-refractivity contribution in [1.82, 2.24) is 0 Å². The van der Waals surface area contributed by atoms with E-state index < -0.39 is 13.0 Å². The Bertz CT molecular complexity index is 233. The fourth-order valence-corrected chi connectivity index (χ4v) is 2.54. The van der Waals surface area contributed by atoms with Gasteiger partial charge in [-0.25, -0.2) is 8.78 Å². The Balaban J connectivity index is 2.53. The molecule has 0 heterocycles. The van der Waals surface area contributed by atoms with E-state index in [1.54, 1.807) is 0 Å². The van der Waals surface area contributed by atoms with Gasteiger partial charge in [-0.1, -0.05) is 27.2 Å². The summed E-state index contributed by atoms with van der Waals surface area (Å²) in [6.07, 6.45) is 1.26. The first-order chi connectivity index (χ1) is 7.86. The van der Waals surface area contributed by atoms with Crippen LogP contribution in [-0.2, 0) is 4.74 Å². The van der Waals surface area contributed by atoms with Gasteiger partial charge < -0.3 is 10.5 Å². The molecule has 3 unspecified atom stereocenters. The molecule has 102 valence electrons. The molecule has 0 aromatic carbocycles. The minimum absolute atomic E-state index is 0.0855. The van der Waals surface area contributed by atoms with Gasteiger partial charge in [-0.15, -0.1) is 0 Å². The van der Waals surface area contributed by atoms with E-state index in [9.17, 15) is 8.78 Å². The first-order valence-electron chi connectivity index (χ1n) is 6.52. The lowest BCUT2D eigenvalue weighted by atomic mass is 9.68. The molecule has 0 aromatic rings. The average Bonchev–Trinajstić information content (AvgIpc) is 2.27. The van der Waals surface area contributed by atoms with Crippen molar-refractivity contribution < 1.29 is 13.5 Å². The van der Waals surface area contributed by atoms with Crippen LogP contribution in [0, 0.1) is 11.3 Å². The maximum atomic E-state index is 12.1. The molecule has 0 aliphatic heterocycles. The summed E-state index contributed by atoms with van der Waals surface area (Å²) in [5.74, 6) is 0.523. The van der Waals surface area contributed by atoms with Crippen LogP contribution in [0.15, 0.2) is 0 Å². The highest BCUT2D eigenvalue weighted by atomic mass is 19.3. The van der Waals surface area contributed by atoms with Gasteiger partial charge in [0.05, 0.1) is 6.10 Å². The van der Waals surface area contributed by atoms with Gasteiger partial charge in [0.25, 0.3) is 6.43 Å². The van der Waals surface area contributed by atoms with Gasteiger partial charge in [0.15, 0.2) is 0 Å². The van der Waals surface area contributed by atoms with Crippen molar-refractivity contribution in [3.05, 3.63) is 0 Å². The summed E-state index contributed by atoms with van der Waals surface area (Å²) in [5.41, 5.74) is 6.18. The Labute approximate surface area is 103 Å². The number of hydrogen-bond acceptors (Lipinski definition) is 2. The second kappa shape index (κ2) is 6.10. The first-order valence-corrected chi connectivity index (χ1v) is 6.52. The van der Waals surface area contributed by atoms with Crippen molar-refractivity contribution in [3.63, 3.8) is 0 Å². The SMILES string of the molecule is CCC(C)(C)C1CCC(N)C(OCC(F)F)C1. The minimum Gasteiger partial charge on any atom is -0.371 e.